The largest absolute Gasteiger partial charge is 0.461 e. The summed E-state index contributed by atoms with van der Waals surface area (Å²) in [5.41, 5.74) is 2.69. The lowest BCUT2D eigenvalue weighted by Gasteiger charge is -2.46. The molecule has 2 aliphatic carbocycles. The topological polar surface area (TPSA) is 49.8 Å². The highest BCUT2D eigenvalue weighted by Gasteiger charge is 2.52. The first-order valence-electron chi connectivity index (χ1n) is 14.4. The van der Waals surface area contributed by atoms with Crippen molar-refractivity contribution in [3.8, 4) is 0 Å². The molecule has 2 aliphatic heterocycles. The normalized spacial score (nSPS) is 32.8. The lowest BCUT2D eigenvalue weighted by atomic mass is 9.59. The number of ether oxygens (including phenoxy) is 1. The van der Waals surface area contributed by atoms with Gasteiger partial charge in [-0.25, -0.2) is 0 Å². The number of rotatable bonds is 5. The number of piperidine rings is 1. The van der Waals surface area contributed by atoms with Crippen LogP contribution in [0, 0.1) is 29.1 Å². The highest BCUT2D eigenvalue weighted by molar-refractivity contribution is 5.76. The molecular weight excluding hydrogens is 458 g/mol. The van der Waals surface area contributed by atoms with E-state index in [1.54, 1.807) is 5.57 Å². The molecule has 2 heterocycles. The van der Waals surface area contributed by atoms with Crippen molar-refractivity contribution in [2.75, 3.05) is 19.6 Å². The zero-order valence-corrected chi connectivity index (χ0v) is 22.3. The Morgan fingerprint density at radius 3 is 2.24 bits per heavy atom. The summed E-state index contributed by atoms with van der Waals surface area (Å²) >= 11 is 0. The number of carbonyl (C=O) groups is 1. The number of aliphatic hydroxyl groups is 1. The van der Waals surface area contributed by atoms with Crippen molar-refractivity contribution < 1.29 is 14.6 Å². The molecule has 37 heavy (non-hydrogen) atoms. The zero-order valence-electron chi connectivity index (χ0n) is 22.3. The van der Waals surface area contributed by atoms with Gasteiger partial charge in [-0.1, -0.05) is 92.6 Å². The molecule has 6 rings (SSSR count). The summed E-state index contributed by atoms with van der Waals surface area (Å²) in [6, 6.07) is 20.2. The summed E-state index contributed by atoms with van der Waals surface area (Å²) in [5.74, 6) is 0.862. The molecule has 2 saturated heterocycles. The van der Waals surface area contributed by atoms with Gasteiger partial charge in [0.1, 0.15) is 11.7 Å². The molecule has 4 aliphatic rings. The molecular formula is C33H41NO3. The minimum atomic E-state index is -1.01. The highest BCUT2D eigenvalue weighted by Crippen LogP contribution is 2.54. The van der Waals surface area contributed by atoms with Gasteiger partial charge < -0.3 is 14.7 Å². The number of allylic oxidation sites excluding steroid dienone is 1. The van der Waals surface area contributed by atoms with Gasteiger partial charge in [-0.2, -0.15) is 0 Å². The molecule has 1 N–H and O–H groups in total. The molecule has 4 heteroatoms. The molecule has 5 atom stereocenters. The van der Waals surface area contributed by atoms with Crippen LogP contribution in [0.25, 0.3) is 0 Å². The maximum Gasteiger partial charge on any atom is 0.311 e. The number of fused-ring (bicyclic) bond motifs is 2. The lowest BCUT2D eigenvalue weighted by molar-refractivity contribution is -0.145. The van der Waals surface area contributed by atoms with Gasteiger partial charge in [0.15, 0.2) is 0 Å². The van der Waals surface area contributed by atoms with Crippen molar-refractivity contribution in [2.45, 2.75) is 64.1 Å². The lowest BCUT2D eigenvalue weighted by Crippen LogP contribution is -2.46. The van der Waals surface area contributed by atoms with E-state index in [1.807, 2.05) is 60.7 Å². The SMILES string of the molecule is C[C@@H]1CCC[C@@]2(C)C[C@H]3OC(=O)[C@H](CN4CCC(C(O)(c5ccccc5)c5ccccc5)CC4)[C@@H]3C=C12. The minimum absolute atomic E-state index is 0.00560. The minimum Gasteiger partial charge on any atom is -0.461 e. The summed E-state index contributed by atoms with van der Waals surface area (Å²) in [6.45, 7) is 7.28. The van der Waals surface area contributed by atoms with Gasteiger partial charge in [0.05, 0.1) is 5.92 Å². The molecule has 3 fully saturated rings. The molecule has 0 aromatic heterocycles. The number of likely N-dealkylation sites (tertiary alicyclic amines) is 1. The number of carbonyl (C=O) groups excluding carboxylic acids is 1. The van der Waals surface area contributed by atoms with E-state index in [1.165, 1.54) is 19.3 Å². The van der Waals surface area contributed by atoms with Crippen molar-refractivity contribution in [3.63, 3.8) is 0 Å². The van der Waals surface area contributed by atoms with Crippen LogP contribution in [-0.4, -0.2) is 41.7 Å². The second-order valence-electron chi connectivity index (χ2n) is 12.4. The van der Waals surface area contributed by atoms with E-state index in [9.17, 15) is 9.90 Å². The average molecular weight is 500 g/mol. The van der Waals surface area contributed by atoms with Crippen molar-refractivity contribution in [1.82, 2.24) is 4.90 Å². The Kier molecular flexibility index (Phi) is 6.53. The predicted molar refractivity (Wildman–Crippen MR) is 146 cm³/mol. The van der Waals surface area contributed by atoms with Gasteiger partial charge in [0.25, 0.3) is 0 Å². The van der Waals surface area contributed by atoms with Gasteiger partial charge in [-0.3, -0.25) is 4.79 Å². The maximum atomic E-state index is 13.1. The molecule has 2 aromatic rings. The summed E-state index contributed by atoms with van der Waals surface area (Å²) in [6.07, 6.45) is 9.03. The first-order chi connectivity index (χ1) is 17.9. The number of benzene rings is 2. The van der Waals surface area contributed by atoms with Gasteiger partial charge in [0.2, 0.25) is 0 Å². The first kappa shape index (κ1) is 24.9. The van der Waals surface area contributed by atoms with Crippen LogP contribution in [-0.2, 0) is 15.1 Å². The fourth-order valence-corrected chi connectivity index (χ4v) is 8.09. The second-order valence-corrected chi connectivity index (χ2v) is 12.4. The quantitative estimate of drug-likeness (QED) is 0.408. The number of hydrogen-bond acceptors (Lipinski definition) is 4. The van der Waals surface area contributed by atoms with E-state index in [4.69, 9.17) is 4.74 Å². The van der Waals surface area contributed by atoms with E-state index >= 15 is 0 Å². The average Bonchev–Trinajstić information content (AvgIpc) is 3.21. The summed E-state index contributed by atoms with van der Waals surface area (Å²) < 4.78 is 6.01. The van der Waals surface area contributed by atoms with E-state index < -0.39 is 5.60 Å². The molecule has 0 bridgehead atoms. The van der Waals surface area contributed by atoms with Crippen LogP contribution < -0.4 is 0 Å². The molecule has 196 valence electrons. The fourth-order valence-electron chi connectivity index (χ4n) is 8.09. The van der Waals surface area contributed by atoms with Crippen LogP contribution in [0.15, 0.2) is 72.3 Å². The zero-order chi connectivity index (χ0) is 25.6. The third-order valence-corrected chi connectivity index (χ3v) is 10.1. The number of esters is 1. The van der Waals surface area contributed by atoms with Gasteiger partial charge >= 0.3 is 5.97 Å². The summed E-state index contributed by atoms with van der Waals surface area (Å²) in [7, 11) is 0. The third kappa shape index (κ3) is 4.36. The van der Waals surface area contributed by atoms with Gasteiger partial charge in [0, 0.05) is 12.5 Å². The van der Waals surface area contributed by atoms with Crippen molar-refractivity contribution in [2.24, 2.45) is 29.1 Å². The molecule has 0 spiro atoms. The monoisotopic (exact) mass is 499 g/mol. The van der Waals surface area contributed by atoms with Crippen molar-refractivity contribution in [1.29, 1.82) is 0 Å². The molecule has 0 amide bonds. The Balaban J connectivity index is 1.18. The van der Waals surface area contributed by atoms with Gasteiger partial charge in [-0.15, -0.1) is 0 Å². The van der Waals surface area contributed by atoms with Crippen molar-refractivity contribution in [3.05, 3.63) is 83.4 Å². The van der Waals surface area contributed by atoms with E-state index in [0.29, 0.717) is 5.92 Å². The Labute approximate surface area is 221 Å². The molecule has 1 saturated carbocycles. The smallest absolute Gasteiger partial charge is 0.311 e. The highest BCUT2D eigenvalue weighted by atomic mass is 16.6. The molecule has 2 aromatic carbocycles. The van der Waals surface area contributed by atoms with Crippen LogP contribution in [0.1, 0.15) is 63.5 Å². The van der Waals surface area contributed by atoms with E-state index in [-0.39, 0.29) is 35.2 Å². The molecule has 4 nitrogen and oxygen atoms in total. The Bertz CT molecular complexity index is 1100. The first-order valence-corrected chi connectivity index (χ1v) is 14.4. The maximum absolute atomic E-state index is 13.1. The summed E-state index contributed by atoms with van der Waals surface area (Å²) in [5, 5.41) is 12.2. The van der Waals surface area contributed by atoms with Crippen LogP contribution >= 0.6 is 0 Å². The Morgan fingerprint density at radius 2 is 1.62 bits per heavy atom. The Morgan fingerprint density at radius 1 is 1.00 bits per heavy atom. The standard InChI is InChI=1S/C33H41NO3/c1-23-10-9-17-32(2)21-30-27(20-29(23)32)28(31(35)37-30)22-34-18-15-26(16-19-34)33(36,24-11-5-3-6-12-24)25-13-7-4-8-14-25/h3-8,11-14,20,23,26-28,30,36H,9-10,15-19,21-22H2,1-2H3/t23-,27+,28-,30-,32+/m1/s1. The molecule has 0 unspecified atom stereocenters. The predicted octanol–water partition coefficient (Wildman–Crippen LogP) is 5.95. The van der Waals surface area contributed by atoms with Crippen LogP contribution in [0.5, 0.6) is 0 Å². The van der Waals surface area contributed by atoms with E-state index in [2.05, 4.69) is 24.8 Å². The van der Waals surface area contributed by atoms with E-state index in [0.717, 1.165) is 50.0 Å². The fraction of sp³-hybridized carbons (Fsp3) is 0.545. The van der Waals surface area contributed by atoms with Crippen LogP contribution in [0.3, 0.4) is 0 Å². The van der Waals surface area contributed by atoms with Gasteiger partial charge in [-0.05, 0) is 73.6 Å². The van der Waals surface area contributed by atoms with Crippen molar-refractivity contribution >= 4 is 5.97 Å². The number of hydrogen-bond donors (Lipinski definition) is 1. The van der Waals surface area contributed by atoms with Crippen LogP contribution in [0.4, 0.5) is 0 Å². The Hall–Kier alpha value is -2.43. The third-order valence-electron chi connectivity index (χ3n) is 10.1. The second kappa shape index (κ2) is 9.71. The molecule has 0 radical (unpaired) electrons. The summed E-state index contributed by atoms with van der Waals surface area (Å²) in [4.78, 5) is 15.5. The van der Waals surface area contributed by atoms with Crippen LogP contribution in [0.2, 0.25) is 0 Å². The number of nitrogens with zero attached hydrogens (tertiary/aromatic N) is 1.